The van der Waals surface area contributed by atoms with Crippen LogP contribution in [0.4, 0.5) is 0 Å². The van der Waals surface area contributed by atoms with E-state index in [1.807, 2.05) is 0 Å². The van der Waals surface area contributed by atoms with E-state index >= 15 is 0 Å². The Bertz CT molecular complexity index is 468. The number of hydrogen-bond acceptors (Lipinski definition) is 4. The summed E-state index contributed by atoms with van der Waals surface area (Å²) in [7, 11) is -1.55. The molecule has 0 saturated carbocycles. The molecular formula is C10H13NO3S. The van der Waals surface area contributed by atoms with Gasteiger partial charge in [0.1, 0.15) is 5.75 Å². The molecule has 0 bridgehead atoms. The van der Waals surface area contributed by atoms with Gasteiger partial charge >= 0.3 is 0 Å². The summed E-state index contributed by atoms with van der Waals surface area (Å²) in [6, 6.07) is 5.07. The summed E-state index contributed by atoms with van der Waals surface area (Å²) >= 11 is 0. The van der Waals surface area contributed by atoms with E-state index in [-0.39, 0.29) is 5.75 Å². The molecule has 1 N–H and O–H groups in total. The Kier molecular flexibility index (Phi) is 2.67. The molecule has 5 heteroatoms. The monoisotopic (exact) mass is 227 g/mol. The maximum atomic E-state index is 11.8. The molecule has 15 heavy (non-hydrogen) atoms. The third kappa shape index (κ3) is 1.98. The van der Waals surface area contributed by atoms with E-state index in [4.69, 9.17) is 4.74 Å². The van der Waals surface area contributed by atoms with Crippen molar-refractivity contribution in [2.24, 2.45) is 0 Å². The Hall–Kier alpha value is -1.07. The lowest BCUT2D eigenvalue weighted by Crippen LogP contribution is -2.17. The third-order valence-corrected chi connectivity index (χ3v) is 4.28. The van der Waals surface area contributed by atoms with Crippen molar-refractivity contribution < 1.29 is 13.2 Å². The quantitative estimate of drug-likeness (QED) is 0.762. The fraction of sp³-hybridized carbons (Fsp3) is 0.400. The SMILES string of the molecule is COc1ccc2c(c1)CNCCS2(=O)=O. The number of sulfone groups is 1. The lowest BCUT2D eigenvalue weighted by Gasteiger charge is -2.07. The van der Waals surface area contributed by atoms with E-state index in [1.54, 1.807) is 25.3 Å². The highest BCUT2D eigenvalue weighted by molar-refractivity contribution is 7.91. The summed E-state index contributed by atoms with van der Waals surface area (Å²) in [5.74, 6) is 0.847. The molecule has 0 atom stereocenters. The summed E-state index contributed by atoms with van der Waals surface area (Å²) in [6.07, 6.45) is 0. The fourth-order valence-corrected chi connectivity index (χ4v) is 3.10. The summed E-state index contributed by atoms with van der Waals surface area (Å²) in [5, 5.41) is 3.08. The van der Waals surface area contributed by atoms with E-state index in [2.05, 4.69) is 5.32 Å². The molecule has 1 aliphatic rings. The molecule has 4 nitrogen and oxygen atoms in total. The van der Waals surface area contributed by atoms with Gasteiger partial charge in [-0.15, -0.1) is 0 Å². The minimum Gasteiger partial charge on any atom is -0.497 e. The average molecular weight is 227 g/mol. The minimum atomic E-state index is -3.12. The second kappa shape index (κ2) is 3.83. The largest absolute Gasteiger partial charge is 0.497 e. The van der Waals surface area contributed by atoms with Crippen LogP contribution in [0.5, 0.6) is 5.75 Å². The van der Waals surface area contributed by atoms with Crippen molar-refractivity contribution in [1.82, 2.24) is 5.32 Å². The second-order valence-electron chi connectivity index (χ2n) is 3.47. The first-order valence-corrected chi connectivity index (χ1v) is 6.39. The van der Waals surface area contributed by atoms with Crippen LogP contribution >= 0.6 is 0 Å². The summed E-state index contributed by atoms with van der Waals surface area (Å²) in [5.41, 5.74) is 0.784. The number of fused-ring (bicyclic) bond motifs is 1. The second-order valence-corrected chi connectivity index (χ2v) is 5.55. The summed E-state index contributed by atoms with van der Waals surface area (Å²) in [6.45, 7) is 1.07. The van der Waals surface area contributed by atoms with Gasteiger partial charge in [-0.25, -0.2) is 8.42 Å². The van der Waals surface area contributed by atoms with Crippen LogP contribution in [0, 0.1) is 0 Å². The summed E-state index contributed by atoms with van der Waals surface area (Å²) in [4.78, 5) is 0.424. The van der Waals surface area contributed by atoms with Gasteiger partial charge in [-0.1, -0.05) is 0 Å². The standard InChI is InChI=1S/C10H13NO3S/c1-14-9-2-3-10-8(6-9)7-11-4-5-15(10,12)13/h2-3,6,11H,4-5,7H2,1H3. The van der Waals surface area contributed by atoms with Gasteiger partial charge in [-0.05, 0) is 23.8 Å². The molecule has 1 aromatic rings. The predicted octanol–water partition coefficient (Wildman–Crippen LogP) is 0.572. The van der Waals surface area contributed by atoms with Crippen molar-refractivity contribution in [1.29, 1.82) is 0 Å². The lowest BCUT2D eigenvalue weighted by atomic mass is 10.2. The number of rotatable bonds is 1. The smallest absolute Gasteiger partial charge is 0.179 e. The van der Waals surface area contributed by atoms with E-state index in [0.29, 0.717) is 23.7 Å². The van der Waals surface area contributed by atoms with Crippen molar-refractivity contribution in [2.75, 3.05) is 19.4 Å². The van der Waals surface area contributed by atoms with Gasteiger partial charge in [0.05, 0.1) is 17.8 Å². The Morgan fingerprint density at radius 2 is 2.20 bits per heavy atom. The Morgan fingerprint density at radius 1 is 1.40 bits per heavy atom. The number of benzene rings is 1. The molecule has 1 aliphatic heterocycles. The van der Waals surface area contributed by atoms with Crippen molar-refractivity contribution >= 4 is 9.84 Å². The number of methoxy groups -OCH3 is 1. The van der Waals surface area contributed by atoms with Gasteiger partial charge in [0.2, 0.25) is 0 Å². The van der Waals surface area contributed by atoms with Crippen LogP contribution in [-0.2, 0) is 16.4 Å². The molecule has 2 rings (SSSR count). The molecule has 0 fully saturated rings. The predicted molar refractivity (Wildman–Crippen MR) is 56.8 cm³/mol. The van der Waals surface area contributed by atoms with Crippen LogP contribution in [-0.4, -0.2) is 27.8 Å². The molecule has 0 radical (unpaired) electrons. The lowest BCUT2D eigenvalue weighted by molar-refractivity contribution is 0.413. The first kappa shape index (κ1) is 10.4. The van der Waals surface area contributed by atoms with E-state index in [9.17, 15) is 8.42 Å². The minimum absolute atomic E-state index is 0.159. The maximum absolute atomic E-state index is 11.8. The van der Waals surface area contributed by atoms with Gasteiger partial charge in [-0.2, -0.15) is 0 Å². The topological polar surface area (TPSA) is 55.4 Å². The van der Waals surface area contributed by atoms with Crippen molar-refractivity contribution in [3.8, 4) is 5.75 Å². The van der Waals surface area contributed by atoms with Crippen LogP contribution in [0.25, 0.3) is 0 Å². The van der Waals surface area contributed by atoms with Gasteiger partial charge in [0.25, 0.3) is 0 Å². The highest BCUT2D eigenvalue weighted by atomic mass is 32.2. The Labute approximate surface area is 89.2 Å². The molecule has 0 aliphatic carbocycles. The highest BCUT2D eigenvalue weighted by Crippen LogP contribution is 2.24. The molecule has 1 heterocycles. The molecule has 82 valence electrons. The maximum Gasteiger partial charge on any atom is 0.179 e. The number of ether oxygens (including phenoxy) is 1. The van der Waals surface area contributed by atoms with Gasteiger partial charge in [0.15, 0.2) is 9.84 Å². The van der Waals surface area contributed by atoms with Crippen LogP contribution in [0.3, 0.4) is 0 Å². The first-order chi connectivity index (χ1) is 7.13. The molecule has 0 aromatic heterocycles. The zero-order chi connectivity index (χ0) is 10.9. The van der Waals surface area contributed by atoms with Crippen LogP contribution in [0.2, 0.25) is 0 Å². The third-order valence-electron chi connectivity index (χ3n) is 2.47. The van der Waals surface area contributed by atoms with Crippen molar-refractivity contribution in [3.05, 3.63) is 23.8 Å². The average Bonchev–Trinajstić information content (AvgIpc) is 2.37. The summed E-state index contributed by atoms with van der Waals surface area (Å²) < 4.78 is 28.7. The Balaban J connectivity index is 2.56. The zero-order valence-corrected chi connectivity index (χ0v) is 9.30. The van der Waals surface area contributed by atoms with E-state index < -0.39 is 9.84 Å². The van der Waals surface area contributed by atoms with Crippen LogP contribution in [0.1, 0.15) is 5.56 Å². The molecule has 0 saturated heterocycles. The molecule has 1 aromatic carbocycles. The molecule has 0 amide bonds. The van der Waals surface area contributed by atoms with Crippen LogP contribution in [0.15, 0.2) is 23.1 Å². The Morgan fingerprint density at radius 3 is 2.93 bits per heavy atom. The fourth-order valence-electron chi connectivity index (χ4n) is 1.66. The number of nitrogens with one attached hydrogen (secondary N) is 1. The van der Waals surface area contributed by atoms with E-state index in [1.165, 1.54) is 0 Å². The van der Waals surface area contributed by atoms with E-state index in [0.717, 1.165) is 5.56 Å². The molecule has 0 unspecified atom stereocenters. The van der Waals surface area contributed by atoms with Crippen LogP contribution < -0.4 is 10.1 Å². The van der Waals surface area contributed by atoms with Gasteiger partial charge in [-0.3, -0.25) is 0 Å². The first-order valence-electron chi connectivity index (χ1n) is 4.74. The van der Waals surface area contributed by atoms with Crippen molar-refractivity contribution in [2.45, 2.75) is 11.4 Å². The van der Waals surface area contributed by atoms with Gasteiger partial charge in [0, 0.05) is 13.1 Å². The van der Waals surface area contributed by atoms with Crippen molar-refractivity contribution in [3.63, 3.8) is 0 Å². The number of hydrogen-bond donors (Lipinski definition) is 1. The normalized spacial score (nSPS) is 19.0. The molecular weight excluding hydrogens is 214 g/mol. The van der Waals surface area contributed by atoms with Gasteiger partial charge < -0.3 is 10.1 Å². The zero-order valence-electron chi connectivity index (χ0n) is 8.49. The highest BCUT2D eigenvalue weighted by Gasteiger charge is 2.21. The molecule has 0 spiro atoms.